The van der Waals surface area contributed by atoms with Gasteiger partial charge in [0.25, 0.3) is 5.91 Å². The number of carbonyl (C=O) groups excluding carboxylic acids is 2. The summed E-state index contributed by atoms with van der Waals surface area (Å²) in [6.45, 7) is 10.4. The van der Waals surface area contributed by atoms with Crippen LogP contribution < -0.4 is 5.32 Å². The number of hydrogen-bond donors (Lipinski definition) is 3. The van der Waals surface area contributed by atoms with Gasteiger partial charge in [0, 0.05) is 18.1 Å². The Bertz CT molecular complexity index is 1160. The molecule has 3 N–H and O–H groups in total. The lowest BCUT2D eigenvalue weighted by Gasteiger charge is -2.59. The van der Waals surface area contributed by atoms with Gasteiger partial charge in [0.2, 0.25) is 0 Å². The first-order chi connectivity index (χ1) is 19.7. The molecule has 42 heavy (non-hydrogen) atoms. The summed E-state index contributed by atoms with van der Waals surface area (Å²) >= 11 is 0. The number of carboxylic acid groups (broad SMARTS) is 1. The fourth-order valence-corrected chi connectivity index (χ4v) is 9.81. The van der Waals surface area contributed by atoms with E-state index in [0.717, 1.165) is 50.7 Å². The molecule has 0 aromatic heterocycles. The average Bonchev–Trinajstić information content (AvgIpc) is 3.19. The fraction of sp³-hybridized carbons (Fsp3) is 0.818. The van der Waals surface area contributed by atoms with Crippen molar-refractivity contribution >= 4 is 23.4 Å². The van der Waals surface area contributed by atoms with E-state index in [1.807, 2.05) is 13.8 Å². The van der Waals surface area contributed by atoms with Gasteiger partial charge in [-0.15, -0.1) is 0 Å². The summed E-state index contributed by atoms with van der Waals surface area (Å²) in [6, 6.07) is -0.481. The second kappa shape index (κ2) is 11.3. The van der Waals surface area contributed by atoms with E-state index in [2.05, 4.69) is 30.4 Å². The quantitative estimate of drug-likeness (QED) is 0.348. The summed E-state index contributed by atoms with van der Waals surface area (Å²) in [5.74, 6) is 0.0492. The van der Waals surface area contributed by atoms with E-state index in [1.165, 1.54) is 5.57 Å². The van der Waals surface area contributed by atoms with E-state index in [-0.39, 0.29) is 47.1 Å². The standard InChI is InChI=1S/C33H50N2O7/c1-20(36)33(40)14-10-26-24-7-6-22-16-23(8-12-31(22,4)25(24)9-13-32(26,33)5)35-42-19-28(37)34-27(17-29(38)39)21-11-15-41-30(2,3)18-21/h16,21,24-27,40H,6-15,17-19H2,1-5H3,(H,34,37)(H,38,39)/t21-,24-,25+,26+,27-,31+,32+,33+/m1/s1. The molecule has 0 bridgehead atoms. The Labute approximate surface area is 249 Å². The third kappa shape index (κ3) is 5.56. The number of fused-ring (bicyclic) bond motifs is 5. The molecule has 9 nitrogen and oxygen atoms in total. The average molecular weight is 587 g/mol. The Morgan fingerprint density at radius 1 is 1.07 bits per heavy atom. The molecule has 0 aromatic carbocycles. The van der Waals surface area contributed by atoms with Gasteiger partial charge in [-0.2, -0.15) is 0 Å². The number of ether oxygens (including phenoxy) is 1. The maximum Gasteiger partial charge on any atom is 0.305 e. The number of hydrogen-bond acceptors (Lipinski definition) is 7. The smallest absolute Gasteiger partial charge is 0.305 e. The second-order valence-electron chi connectivity index (χ2n) is 14.9. The highest BCUT2D eigenvalue weighted by molar-refractivity contribution is 5.96. The van der Waals surface area contributed by atoms with Crippen LogP contribution in [0.4, 0.5) is 0 Å². The van der Waals surface area contributed by atoms with Gasteiger partial charge in [0.1, 0.15) is 5.60 Å². The molecule has 0 aromatic rings. The Balaban J connectivity index is 1.20. The minimum Gasteiger partial charge on any atom is -0.481 e. The first-order valence-corrected chi connectivity index (χ1v) is 16.0. The van der Waals surface area contributed by atoms with Crippen LogP contribution in [0, 0.1) is 34.5 Å². The number of aliphatic carboxylic acids is 1. The minimum atomic E-state index is -1.19. The van der Waals surface area contributed by atoms with Crippen LogP contribution in [0.5, 0.6) is 0 Å². The van der Waals surface area contributed by atoms with Gasteiger partial charge in [-0.3, -0.25) is 14.4 Å². The number of aliphatic hydroxyl groups is 1. The van der Waals surface area contributed by atoms with Gasteiger partial charge in [0.05, 0.1) is 17.7 Å². The van der Waals surface area contributed by atoms with Gasteiger partial charge < -0.3 is 25.1 Å². The van der Waals surface area contributed by atoms with Crippen molar-refractivity contribution in [1.29, 1.82) is 0 Å². The van der Waals surface area contributed by atoms with Crippen LogP contribution in [0.3, 0.4) is 0 Å². The number of Topliss-reactive ketones (excluding diaryl/α,β-unsaturated/α-hetero) is 1. The molecule has 5 aliphatic rings. The van der Waals surface area contributed by atoms with Crippen molar-refractivity contribution < 1.29 is 34.2 Å². The largest absolute Gasteiger partial charge is 0.481 e. The Kier molecular flexibility index (Phi) is 8.42. The molecule has 0 spiro atoms. The van der Waals surface area contributed by atoms with E-state index in [4.69, 9.17) is 9.57 Å². The van der Waals surface area contributed by atoms with Gasteiger partial charge >= 0.3 is 5.97 Å². The van der Waals surface area contributed by atoms with Crippen LogP contribution in [0.1, 0.15) is 105 Å². The minimum absolute atomic E-state index is 0.0224. The van der Waals surface area contributed by atoms with E-state index >= 15 is 0 Å². The predicted octanol–water partition coefficient (Wildman–Crippen LogP) is 4.81. The Morgan fingerprint density at radius 3 is 2.50 bits per heavy atom. The maximum absolute atomic E-state index is 12.7. The highest BCUT2D eigenvalue weighted by Crippen LogP contribution is 2.67. The summed E-state index contributed by atoms with van der Waals surface area (Å²) in [4.78, 5) is 42.2. The third-order valence-electron chi connectivity index (χ3n) is 12.1. The van der Waals surface area contributed by atoms with Crippen molar-refractivity contribution in [3.8, 4) is 0 Å². The topological polar surface area (TPSA) is 135 Å². The monoisotopic (exact) mass is 586 g/mol. The van der Waals surface area contributed by atoms with Gasteiger partial charge in [0.15, 0.2) is 12.4 Å². The van der Waals surface area contributed by atoms with E-state index < -0.39 is 17.6 Å². The highest BCUT2D eigenvalue weighted by atomic mass is 16.6. The molecule has 4 fully saturated rings. The molecule has 5 rings (SSSR count). The second-order valence-corrected chi connectivity index (χ2v) is 14.9. The molecule has 1 saturated heterocycles. The zero-order valence-electron chi connectivity index (χ0n) is 26.0. The van der Waals surface area contributed by atoms with E-state index in [9.17, 15) is 24.6 Å². The number of ketones is 1. The number of allylic oxidation sites excluding steroid dienone is 2. The summed E-state index contributed by atoms with van der Waals surface area (Å²) in [5, 5.41) is 28.0. The van der Waals surface area contributed by atoms with Crippen LogP contribution in [0.2, 0.25) is 0 Å². The van der Waals surface area contributed by atoms with E-state index in [0.29, 0.717) is 43.6 Å². The van der Waals surface area contributed by atoms with Crippen molar-refractivity contribution in [2.45, 2.75) is 122 Å². The predicted molar refractivity (Wildman–Crippen MR) is 158 cm³/mol. The van der Waals surface area contributed by atoms with Crippen molar-refractivity contribution in [3.05, 3.63) is 11.6 Å². The summed E-state index contributed by atoms with van der Waals surface area (Å²) in [7, 11) is 0. The molecule has 8 atom stereocenters. The van der Waals surface area contributed by atoms with Crippen LogP contribution in [0.25, 0.3) is 0 Å². The normalized spacial score (nSPS) is 40.6. The molecule has 1 aliphatic heterocycles. The molecule has 9 heteroatoms. The third-order valence-corrected chi connectivity index (χ3v) is 12.1. The Hall–Kier alpha value is -2.26. The molecule has 1 amide bonds. The molecule has 4 aliphatic carbocycles. The van der Waals surface area contributed by atoms with Gasteiger partial charge in [-0.25, -0.2) is 0 Å². The summed E-state index contributed by atoms with van der Waals surface area (Å²) in [6.07, 6.45) is 10.6. The van der Waals surface area contributed by atoms with Crippen molar-refractivity contribution in [3.63, 3.8) is 0 Å². The Morgan fingerprint density at radius 2 is 1.81 bits per heavy atom. The molecular weight excluding hydrogens is 536 g/mol. The molecular formula is C33H50N2O7. The lowest BCUT2D eigenvalue weighted by molar-refractivity contribution is -0.159. The SMILES string of the molecule is CC(=O)[C@@]1(O)CC[C@H]2[C@@H]3CCC4=CC(=NOCC(=O)N[C@H](CC(=O)O)[C@@H]5CCOC(C)(C)C5)CC[C@]4(C)[C@H]3CC[C@@]21C. The fourth-order valence-electron chi connectivity index (χ4n) is 9.81. The zero-order valence-corrected chi connectivity index (χ0v) is 26.0. The molecule has 234 valence electrons. The van der Waals surface area contributed by atoms with Crippen molar-refractivity contribution in [1.82, 2.24) is 5.32 Å². The number of carboxylic acids is 1. The lowest BCUT2D eigenvalue weighted by atomic mass is 9.46. The number of nitrogens with one attached hydrogen (secondary N) is 1. The number of rotatable bonds is 8. The van der Waals surface area contributed by atoms with Gasteiger partial charge in [-0.1, -0.05) is 24.6 Å². The van der Waals surface area contributed by atoms with Crippen LogP contribution in [0.15, 0.2) is 16.8 Å². The van der Waals surface area contributed by atoms with E-state index in [1.54, 1.807) is 6.92 Å². The first kappa shape index (κ1) is 31.2. The highest BCUT2D eigenvalue weighted by Gasteiger charge is 2.65. The molecule has 1 heterocycles. The first-order valence-electron chi connectivity index (χ1n) is 16.0. The zero-order chi connectivity index (χ0) is 30.5. The van der Waals surface area contributed by atoms with Gasteiger partial charge in [-0.05, 0) is 120 Å². The number of oxime groups is 1. The summed E-state index contributed by atoms with van der Waals surface area (Å²) in [5.41, 5.74) is 0.437. The molecule has 0 radical (unpaired) electrons. The molecule has 0 unspecified atom stereocenters. The van der Waals surface area contributed by atoms with Crippen molar-refractivity contribution in [2.24, 2.45) is 39.7 Å². The lowest BCUT2D eigenvalue weighted by Crippen LogP contribution is -2.57. The number of carbonyl (C=O) groups is 3. The maximum atomic E-state index is 12.7. The van der Waals surface area contributed by atoms with Crippen LogP contribution in [-0.4, -0.2) is 64.0 Å². The van der Waals surface area contributed by atoms with Crippen LogP contribution in [-0.2, 0) is 24.0 Å². The van der Waals surface area contributed by atoms with Crippen molar-refractivity contribution in [2.75, 3.05) is 13.2 Å². The molecule has 3 saturated carbocycles. The summed E-state index contributed by atoms with van der Waals surface area (Å²) < 4.78 is 5.77. The number of amides is 1. The number of nitrogens with zero attached hydrogens (tertiary/aromatic N) is 1. The van der Waals surface area contributed by atoms with Crippen LogP contribution >= 0.6 is 0 Å².